The van der Waals surface area contributed by atoms with Gasteiger partial charge in [0.1, 0.15) is 11.6 Å². The molecular formula is C17H17F2N. The van der Waals surface area contributed by atoms with Gasteiger partial charge in [-0.2, -0.15) is 0 Å². The van der Waals surface area contributed by atoms with Gasteiger partial charge in [-0.15, -0.1) is 0 Å². The first-order valence-electron chi connectivity index (χ1n) is 6.96. The molecule has 0 amide bonds. The highest BCUT2D eigenvalue weighted by molar-refractivity contribution is 5.22. The van der Waals surface area contributed by atoms with E-state index in [0.29, 0.717) is 6.54 Å². The van der Waals surface area contributed by atoms with Crippen LogP contribution < -0.4 is 0 Å². The molecule has 0 aromatic heterocycles. The number of likely N-dealkylation sites (tertiary alicyclic amines) is 1. The molecule has 104 valence electrons. The van der Waals surface area contributed by atoms with E-state index in [4.69, 9.17) is 0 Å². The van der Waals surface area contributed by atoms with Crippen molar-refractivity contribution in [2.75, 3.05) is 6.54 Å². The quantitative estimate of drug-likeness (QED) is 0.805. The molecule has 0 radical (unpaired) electrons. The number of hydrogen-bond donors (Lipinski definition) is 0. The van der Waals surface area contributed by atoms with Crippen molar-refractivity contribution in [3.63, 3.8) is 0 Å². The van der Waals surface area contributed by atoms with Crippen LogP contribution in [-0.4, -0.2) is 11.4 Å². The van der Waals surface area contributed by atoms with Crippen LogP contribution in [0.25, 0.3) is 0 Å². The van der Waals surface area contributed by atoms with Crippen LogP contribution in [0, 0.1) is 11.6 Å². The summed E-state index contributed by atoms with van der Waals surface area (Å²) < 4.78 is 26.6. The van der Waals surface area contributed by atoms with Crippen LogP contribution in [0.5, 0.6) is 0 Å². The Labute approximate surface area is 117 Å². The molecule has 3 rings (SSSR count). The molecule has 1 saturated heterocycles. The molecule has 0 aliphatic carbocycles. The summed E-state index contributed by atoms with van der Waals surface area (Å²) in [5.74, 6) is -0.399. The van der Waals surface area contributed by atoms with Gasteiger partial charge in [0.05, 0.1) is 0 Å². The highest BCUT2D eigenvalue weighted by Gasteiger charge is 2.26. The summed E-state index contributed by atoms with van der Waals surface area (Å²) in [6.45, 7) is 1.68. The summed E-state index contributed by atoms with van der Waals surface area (Å²) in [6.07, 6.45) is 2.12. The molecule has 3 heteroatoms. The van der Waals surface area contributed by atoms with Crippen molar-refractivity contribution in [3.8, 4) is 0 Å². The second-order valence-electron chi connectivity index (χ2n) is 5.31. The van der Waals surface area contributed by atoms with Gasteiger partial charge in [-0.05, 0) is 54.8 Å². The zero-order valence-corrected chi connectivity index (χ0v) is 11.2. The number of benzene rings is 2. The molecule has 1 nitrogen and oxygen atoms in total. The zero-order chi connectivity index (χ0) is 13.9. The van der Waals surface area contributed by atoms with Crippen molar-refractivity contribution in [2.45, 2.75) is 25.4 Å². The van der Waals surface area contributed by atoms with E-state index in [1.54, 1.807) is 24.3 Å². The third-order valence-corrected chi connectivity index (χ3v) is 3.87. The van der Waals surface area contributed by atoms with Crippen LogP contribution in [0.2, 0.25) is 0 Å². The Morgan fingerprint density at radius 1 is 1.00 bits per heavy atom. The Hall–Kier alpha value is -1.74. The summed E-state index contributed by atoms with van der Waals surface area (Å²) >= 11 is 0. The standard InChI is InChI=1S/C17H17F2N/c18-15-6-1-4-13(10-15)12-20-9-3-8-17(20)14-5-2-7-16(19)11-14/h1-2,4-7,10-11,17H,3,8-9,12H2/t17-/m1/s1. The molecule has 1 heterocycles. The van der Waals surface area contributed by atoms with Gasteiger partial charge in [0.15, 0.2) is 0 Å². The predicted molar refractivity (Wildman–Crippen MR) is 75.2 cm³/mol. The average Bonchev–Trinajstić information content (AvgIpc) is 2.87. The fourth-order valence-corrected chi connectivity index (χ4v) is 2.98. The minimum Gasteiger partial charge on any atom is -0.292 e. The lowest BCUT2D eigenvalue weighted by atomic mass is 10.0. The molecule has 0 N–H and O–H groups in total. The highest BCUT2D eigenvalue weighted by atomic mass is 19.1. The zero-order valence-electron chi connectivity index (χ0n) is 11.2. The molecule has 20 heavy (non-hydrogen) atoms. The summed E-state index contributed by atoms with van der Waals surface area (Å²) in [6, 6.07) is 13.7. The van der Waals surface area contributed by atoms with Crippen molar-refractivity contribution < 1.29 is 8.78 Å². The van der Waals surface area contributed by atoms with Gasteiger partial charge in [0, 0.05) is 12.6 Å². The molecule has 1 aliphatic heterocycles. The topological polar surface area (TPSA) is 3.24 Å². The third kappa shape index (κ3) is 2.88. The van der Waals surface area contributed by atoms with Crippen LogP contribution in [0.4, 0.5) is 8.78 Å². The largest absolute Gasteiger partial charge is 0.292 e. The van der Waals surface area contributed by atoms with Gasteiger partial charge in [0.25, 0.3) is 0 Å². The molecule has 2 aromatic rings. The molecule has 0 unspecified atom stereocenters. The minimum atomic E-state index is -0.205. The van der Waals surface area contributed by atoms with E-state index < -0.39 is 0 Å². The fourth-order valence-electron chi connectivity index (χ4n) is 2.98. The Morgan fingerprint density at radius 2 is 1.75 bits per heavy atom. The number of hydrogen-bond acceptors (Lipinski definition) is 1. The van der Waals surface area contributed by atoms with Crippen molar-refractivity contribution in [1.82, 2.24) is 4.90 Å². The molecule has 1 aliphatic rings. The molecule has 0 spiro atoms. The molecule has 0 saturated carbocycles. The minimum absolute atomic E-state index is 0.194. The van der Waals surface area contributed by atoms with Crippen molar-refractivity contribution in [3.05, 3.63) is 71.3 Å². The second kappa shape index (κ2) is 5.71. The SMILES string of the molecule is Fc1cccc(CN2CCC[C@@H]2c2cccc(F)c2)c1. The fraction of sp³-hybridized carbons (Fsp3) is 0.294. The van der Waals surface area contributed by atoms with Crippen LogP contribution >= 0.6 is 0 Å². The maximum Gasteiger partial charge on any atom is 0.123 e. The maximum atomic E-state index is 13.4. The first kappa shape index (κ1) is 13.3. The lowest BCUT2D eigenvalue weighted by Gasteiger charge is -2.25. The highest BCUT2D eigenvalue weighted by Crippen LogP contribution is 2.33. The lowest BCUT2D eigenvalue weighted by molar-refractivity contribution is 0.248. The van der Waals surface area contributed by atoms with E-state index in [1.807, 2.05) is 12.1 Å². The number of rotatable bonds is 3. The maximum absolute atomic E-state index is 13.4. The van der Waals surface area contributed by atoms with Gasteiger partial charge in [-0.3, -0.25) is 4.90 Å². The Morgan fingerprint density at radius 3 is 2.50 bits per heavy atom. The van der Waals surface area contributed by atoms with Gasteiger partial charge < -0.3 is 0 Å². The van der Waals surface area contributed by atoms with Gasteiger partial charge >= 0.3 is 0 Å². The van der Waals surface area contributed by atoms with Crippen LogP contribution in [-0.2, 0) is 6.54 Å². The Bertz CT molecular complexity index is 597. The average molecular weight is 273 g/mol. The molecule has 2 aromatic carbocycles. The monoisotopic (exact) mass is 273 g/mol. The second-order valence-corrected chi connectivity index (χ2v) is 5.31. The van der Waals surface area contributed by atoms with E-state index in [1.165, 1.54) is 12.1 Å². The van der Waals surface area contributed by atoms with Crippen LogP contribution in [0.3, 0.4) is 0 Å². The van der Waals surface area contributed by atoms with Crippen molar-refractivity contribution in [1.29, 1.82) is 0 Å². The van der Waals surface area contributed by atoms with E-state index in [2.05, 4.69) is 4.90 Å². The first-order chi connectivity index (χ1) is 9.72. The van der Waals surface area contributed by atoms with Crippen molar-refractivity contribution >= 4 is 0 Å². The normalized spacial score (nSPS) is 19.4. The van der Waals surface area contributed by atoms with Gasteiger partial charge in [0.2, 0.25) is 0 Å². The first-order valence-corrected chi connectivity index (χ1v) is 6.96. The molecule has 1 atom stereocenters. The summed E-state index contributed by atoms with van der Waals surface area (Å²) in [5.41, 5.74) is 1.98. The van der Waals surface area contributed by atoms with E-state index >= 15 is 0 Å². The van der Waals surface area contributed by atoms with Gasteiger partial charge in [-0.25, -0.2) is 8.78 Å². The molecular weight excluding hydrogens is 256 g/mol. The Balaban J connectivity index is 1.79. The third-order valence-electron chi connectivity index (χ3n) is 3.87. The summed E-state index contributed by atoms with van der Waals surface area (Å²) in [7, 11) is 0. The van der Waals surface area contributed by atoms with Crippen LogP contribution in [0.15, 0.2) is 48.5 Å². The summed E-state index contributed by atoms with van der Waals surface area (Å²) in [5, 5.41) is 0. The van der Waals surface area contributed by atoms with E-state index in [-0.39, 0.29) is 17.7 Å². The number of halogens is 2. The molecule has 1 fully saturated rings. The lowest BCUT2D eigenvalue weighted by Crippen LogP contribution is -2.22. The van der Waals surface area contributed by atoms with Crippen LogP contribution in [0.1, 0.15) is 30.0 Å². The Kier molecular flexibility index (Phi) is 3.79. The molecule has 0 bridgehead atoms. The summed E-state index contributed by atoms with van der Waals surface area (Å²) in [4.78, 5) is 2.30. The van der Waals surface area contributed by atoms with Crippen molar-refractivity contribution in [2.24, 2.45) is 0 Å². The van der Waals surface area contributed by atoms with E-state index in [9.17, 15) is 8.78 Å². The number of nitrogens with zero attached hydrogens (tertiary/aromatic N) is 1. The smallest absolute Gasteiger partial charge is 0.123 e. The van der Waals surface area contributed by atoms with E-state index in [0.717, 1.165) is 30.5 Å². The van der Waals surface area contributed by atoms with Gasteiger partial charge in [-0.1, -0.05) is 24.3 Å². The predicted octanol–water partition coefficient (Wildman–Crippen LogP) is 4.30.